The smallest absolute Gasteiger partial charge is 0.224 e. The highest BCUT2D eigenvalue weighted by atomic mass is 16.5. The number of aromatic hydroxyl groups is 1. The van der Waals surface area contributed by atoms with E-state index in [9.17, 15) is 19.5 Å². The van der Waals surface area contributed by atoms with Crippen LogP contribution in [0.1, 0.15) is 126 Å². The number of aliphatic hydroxyl groups excluding tert-OH is 1. The zero-order valence-electron chi connectivity index (χ0n) is 45.9. The van der Waals surface area contributed by atoms with Crippen molar-refractivity contribution in [2.75, 3.05) is 62.7 Å². The quantitative estimate of drug-likeness (QED) is 0.0310. The normalized spacial score (nSPS) is 20.1. The molecule has 9 rings (SSSR count). The predicted octanol–water partition coefficient (Wildman–Crippen LogP) is 6.25. The van der Waals surface area contributed by atoms with Crippen LogP contribution in [0.5, 0.6) is 11.6 Å². The van der Waals surface area contributed by atoms with Gasteiger partial charge < -0.3 is 71.7 Å². The number of aldehydes is 1. The molecular weight excluding hydrogens is 989 g/mol. The molecule has 4 aromatic rings. The van der Waals surface area contributed by atoms with Crippen LogP contribution < -0.4 is 42.4 Å². The highest BCUT2D eigenvalue weighted by Gasteiger charge is 2.41. The number of hydrogen-bond donors (Lipinski definition) is 7. The van der Waals surface area contributed by atoms with Crippen molar-refractivity contribution in [3.63, 3.8) is 0 Å². The molecule has 2 aromatic carbocycles. The molecule has 4 aliphatic heterocycles. The van der Waals surface area contributed by atoms with Crippen LogP contribution in [0.15, 0.2) is 95.0 Å². The van der Waals surface area contributed by atoms with Crippen molar-refractivity contribution in [3.8, 4) is 17.7 Å². The van der Waals surface area contributed by atoms with E-state index in [0.717, 1.165) is 114 Å². The zero-order chi connectivity index (χ0) is 55.7. The van der Waals surface area contributed by atoms with E-state index in [1.54, 1.807) is 36.4 Å². The lowest BCUT2D eigenvalue weighted by molar-refractivity contribution is -0.127. The standard InChI is InChI=1S/C28H37N5O4.C25H32N6O2.C6H13NO/c1-19(2)27(25-15-26(32-37-25)33-13-10-22(17-34)11-14-33)24(5-4-12-30-18-35)28(36)31-20(3)23-8-6-21(16-29)7-9-23;26-21(20-6-1-2-7-23(20)32)13-22(25(27)28)30-14-17-8-9-18(15-30)31(17)16-10-11-29-24(12-16)33-19-4-3-5-19;1-7-4-2-6(8)3-5-7/h6-9,15,17-20,22,24,27H,4-5,10-14H2,1-3H3,(H,30,35)(H,31,36);1-2,6-7,10-13,17-19,32H,3-5,8-9,14-15,26-28H2;6,8H,2-5H2,1H3/b;21-13-;. The molecule has 1 aliphatic carbocycles. The number of nitrogens with one attached hydrogen (secondary N) is 2. The molecule has 78 heavy (non-hydrogen) atoms. The minimum Gasteiger partial charge on any atom is -0.507 e. The number of likely N-dealkylation sites (tertiary alicyclic amines) is 2. The number of piperazine rings is 1. The van der Waals surface area contributed by atoms with Crippen molar-refractivity contribution in [1.29, 1.82) is 5.26 Å². The summed E-state index contributed by atoms with van der Waals surface area (Å²) in [5, 5.41) is 38.4. The van der Waals surface area contributed by atoms with Gasteiger partial charge in [-0.15, -0.1) is 0 Å². The monoisotopic (exact) mass is 1070 g/mol. The Morgan fingerprint density at radius 2 is 1.62 bits per heavy atom. The third kappa shape index (κ3) is 15.7. The molecule has 1 saturated carbocycles. The van der Waals surface area contributed by atoms with Crippen LogP contribution in [0, 0.1) is 29.1 Å². The Morgan fingerprint density at radius 3 is 2.21 bits per heavy atom. The number of phenols is 1. The number of aromatic nitrogens is 2. The molecule has 2 bridgehead atoms. The number of carbonyl (C=O) groups excluding carboxylic acids is 3. The molecule has 5 unspecified atom stereocenters. The summed E-state index contributed by atoms with van der Waals surface area (Å²) >= 11 is 0. The van der Waals surface area contributed by atoms with Gasteiger partial charge in [-0.1, -0.05) is 43.3 Å². The van der Waals surface area contributed by atoms with E-state index in [1.807, 2.05) is 37.4 Å². The average molecular weight is 1070 g/mol. The van der Waals surface area contributed by atoms with Gasteiger partial charge in [-0.05, 0) is 132 Å². The number of allylic oxidation sites excluding steroid dienone is 1. The lowest BCUT2D eigenvalue weighted by atomic mass is 9.78. The Balaban J connectivity index is 0.000000198. The van der Waals surface area contributed by atoms with Crippen LogP contribution in [0.25, 0.3) is 5.70 Å². The van der Waals surface area contributed by atoms with Crippen molar-refractivity contribution in [2.45, 2.75) is 128 Å². The van der Waals surface area contributed by atoms with E-state index in [0.29, 0.717) is 78.1 Å². The number of para-hydroxylation sites is 1. The summed E-state index contributed by atoms with van der Waals surface area (Å²) in [6.45, 7) is 11.7. The highest BCUT2D eigenvalue weighted by Crippen LogP contribution is 2.40. The fourth-order valence-corrected chi connectivity index (χ4v) is 11.1. The predicted molar refractivity (Wildman–Crippen MR) is 301 cm³/mol. The summed E-state index contributed by atoms with van der Waals surface area (Å²) in [7, 11) is 2.09. The number of carbonyl (C=O) groups is 3. The molecular formula is C59H82N12O7. The van der Waals surface area contributed by atoms with Crippen molar-refractivity contribution in [2.24, 2.45) is 35.0 Å². The topological polar surface area (TPSA) is 279 Å². The van der Waals surface area contributed by atoms with E-state index in [4.69, 9.17) is 36.8 Å². The van der Waals surface area contributed by atoms with Crippen molar-refractivity contribution in [3.05, 3.63) is 113 Å². The van der Waals surface area contributed by atoms with Crippen LogP contribution in [0.4, 0.5) is 11.5 Å². The van der Waals surface area contributed by atoms with Crippen molar-refractivity contribution >= 4 is 35.8 Å². The highest BCUT2D eigenvalue weighted by molar-refractivity contribution is 5.80. The van der Waals surface area contributed by atoms with Gasteiger partial charge in [0, 0.05) is 111 Å². The van der Waals surface area contributed by atoms with Crippen molar-refractivity contribution < 1.29 is 33.9 Å². The number of amides is 2. The van der Waals surface area contributed by atoms with Gasteiger partial charge in [0.15, 0.2) is 5.82 Å². The number of aliphatic hydroxyl groups is 1. The largest absolute Gasteiger partial charge is 0.507 e. The molecule has 10 N–H and O–H groups in total. The molecule has 2 aromatic heterocycles. The van der Waals surface area contributed by atoms with Crippen molar-refractivity contribution in [1.82, 2.24) is 30.6 Å². The van der Waals surface area contributed by atoms with Gasteiger partial charge in [0.1, 0.15) is 29.7 Å². The second-order valence-corrected chi connectivity index (χ2v) is 21.8. The lowest BCUT2D eigenvalue weighted by Crippen LogP contribution is -2.53. The maximum atomic E-state index is 13.7. The molecule has 420 valence electrons. The third-order valence-electron chi connectivity index (χ3n) is 15.9. The summed E-state index contributed by atoms with van der Waals surface area (Å²) in [5.74, 6) is 1.96. The van der Waals surface area contributed by atoms with Gasteiger partial charge >= 0.3 is 0 Å². The average Bonchev–Trinajstić information content (AvgIpc) is 4.03. The summed E-state index contributed by atoms with van der Waals surface area (Å²) < 4.78 is 11.9. The molecule has 2 amide bonds. The Kier molecular flexibility index (Phi) is 21.2. The summed E-state index contributed by atoms with van der Waals surface area (Å²) in [5.41, 5.74) is 22.8. The zero-order valence-corrected chi connectivity index (χ0v) is 45.9. The number of ether oxygens (including phenoxy) is 1. The fourth-order valence-electron chi connectivity index (χ4n) is 11.1. The fraction of sp³-hybridized carbons (Fsp3) is 0.525. The maximum Gasteiger partial charge on any atom is 0.224 e. The number of piperidine rings is 2. The molecule has 19 heteroatoms. The first kappa shape index (κ1) is 58.4. The number of pyridine rings is 1. The van der Waals surface area contributed by atoms with Gasteiger partial charge in [-0.25, -0.2) is 4.98 Å². The number of phenolic OH excluding ortho intramolecular Hbond substituents is 1. The molecule has 19 nitrogen and oxygen atoms in total. The molecule has 0 spiro atoms. The van der Waals surface area contributed by atoms with Crippen LogP contribution in [0.2, 0.25) is 0 Å². The molecule has 5 atom stereocenters. The number of fused-ring (bicyclic) bond motifs is 2. The van der Waals surface area contributed by atoms with E-state index < -0.39 is 5.92 Å². The molecule has 5 fully saturated rings. The van der Waals surface area contributed by atoms with Crippen LogP contribution in [-0.2, 0) is 14.4 Å². The Labute approximate surface area is 459 Å². The van der Waals surface area contributed by atoms with E-state index in [-0.39, 0.29) is 47.4 Å². The summed E-state index contributed by atoms with van der Waals surface area (Å²) in [6.07, 6.45) is 16.0. The van der Waals surface area contributed by atoms with Gasteiger partial charge in [-0.3, -0.25) is 9.59 Å². The number of hydrogen-bond acceptors (Lipinski definition) is 17. The second kappa shape index (κ2) is 28.4. The molecule has 6 heterocycles. The molecule has 5 aliphatic rings. The maximum absolute atomic E-state index is 13.7. The third-order valence-corrected chi connectivity index (χ3v) is 15.9. The van der Waals surface area contributed by atoms with Gasteiger partial charge in [0.05, 0.1) is 29.5 Å². The number of nitriles is 1. The number of anilines is 2. The van der Waals surface area contributed by atoms with Gasteiger partial charge in [0.25, 0.3) is 0 Å². The van der Waals surface area contributed by atoms with E-state index in [1.165, 1.54) is 6.42 Å². The summed E-state index contributed by atoms with van der Waals surface area (Å²) in [6, 6.07) is 22.8. The SMILES string of the molecule is CC(NC(=O)C(CCCNC=O)C(c1cc(N2CCC(C=O)CC2)no1)C(C)C)c1ccc(C#N)cc1.CN1CCC(O)CC1.NC(N)=C(/C=C(\N)c1ccccc1O)N1CC2CCC(C1)N2c1ccnc(OC2CCC2)c1. The Bertz CT molecular complexity index is 2640. The van der Waals surface area contributed by atoms with Gasteiger partial charge in [0.2, 0.25) is 18.2 Å². The minimum atomic E-state index is -0.393. The van der Waals surface area contributed by atoms with Crippen LogP contribution >= 0.6 is 0 Å². The second-order valence-electron chi connectivity index (χ2n) is 21.8. The van der Waals surface area contributed by atoms with Crippen LogP contribution in [-0.4, -0.2) is 126 Å². The number of nitrogens with zero attached hydrogens (tertiary/aromatic N) is 7. The van der Waals surface area contributed by atoms with E-state index in [2.05, 4.69) is 79.5 Å². The molecule has 0 radical (unpaired) electrons. The first-order chi connectivity index (χ1) is 37.6. The Morgan fingerprint density at radius 1 is 0.923 bits per heavy atom. The Hall–Kier alpha value is -7.30. The molecule has 4 saturated heterocycles. The minimum absolute atomic E-state index is 0.0220. The van der Waals surface area contributed by atoms with Gasteiger partial charge in [-0.2, -0.15) is 5.26 Å². The lowest BCUT2D eigenvalue weighted by Gasteiger charge is -2.44. The number of rotatable bonds is 19. The van der Waals surface area contributed by atoms with Crippen LogP contribution in [0.3, 0.4) is 0 Å². The summed E-state index contributed by atoms with van der Waals surface area (Å²) in [4.78, 5) is 49.0. The first-order valence-electron chi connectivity index (χ1n) is 27.8. The first-order valence-corrected chi connectivity index (χ1v) is 27.8. The number of nitrogens with two attached hydrogens (primary N) is 3. The number of benzene rings is 2. The van der Waals surface area contributed by atoms with E-state index >= 15 is 0 Å².